The van der Waals surface area contributed by atoms with Crippen molar-refractivity contribution >= 4 is 11.8 Å². The number of alkyl halides is 3. The molecule has 1 aromatic carbocycles. The van der Waals surface area contributed by atoms with Gasteiger partial charge in [-0.15, -0.1) is 0 Å². The number of nitrogens with zero attached hydrogens (tertiary/aromatic N) is 2. The molecule has 0 radical (unpaired) electrons. The van der Waals surface area contributed by atoms with Gasteiger partial charge in [0.2, 0.25) is 11.8 Å². The molecule has 1 aromatic rings. The topological polar surface area (TPSA) is 40.6 Å². The van der Waals surface area contributed by atoms with Crippen LogP contribution in [0.1, 0.15) is 31.2 Å². The van der Waals surface area contributed by atoms with Gasteiger partial charge in [-0.1, -0.05) is 37.3 Å². The van der Waals surface area contributed by atoms with Gasteiger partial charge in [0.05, 0.1) is 0 Å². The second-order valence-electron chi connectivity index (χ2n) is 6.07. The Balaban J connectivity index is 1.81. The minimum Gasteiger partial charge on any atom is -0.339 e. The molecule has 0 aromatic heterocycles. The van der Waals surface area contributed by atoms with Crippen molar-refractivity contribution in [1.29, 1.82) is 0 Å². The molecular formula is C17H21F3N2O2. The van der Waals surface area contributed by atoms with Gasteiger partial charge in [-0.25, -0.2) is 0 Å². The molecule has 7 heteroatoms. The Bertz CT molecular complexity index is 567. The lowest BCUT2D eigenvalue weighted by Crippen LogP contribution is -2.51. The minimum absolute atomic E-state index is 0.0331. The Morgan fingerprint density at radius 2 is 1.50 bits per heavy atom. The predicted molar refractivity (Wildman–Crippen MR) is 83.3 cm³/mol. The van der Waals surface area contributed by atoms with Crippen LogP contribution in [0.2, 0.25) is 0 Å². The molecule has 132 valence electrons. The summed E-state index contributed by atoms with van der Waals surface area (Å²) in [6.45, 7) is 2.84. The number of carbonyl (C=O) groups excluding carboxylic acids is 2. The first-order chi connectivity index (χ1) is 11.3. The molecule has 2 amide bonds. The molecule has 0 spiro atoms. The highest BCUT2D eigenvalue weighted by molar-refractivity contribution is 5.79. The fourth-order valence-electron chi connectivity index (χ4n) is 2.78. The van der Waals surface area contributed by atoms with Crippen molar-refractivity contribution in [3.8, 4) is 0 Å². The highest BCUT2D eigenvalue weighted by atomic mass is 19.4. The number of hydrogen-bond donors (Lipinski definition) is 0. The zero-order valence-corrected chi connectivity index (χ0v) is 13.6. The Labute approximate surface area is 139 Å². The second-order valence-corrected chi connectivity index (χ2v) is 6.07. The number of piperazine rings is 1. The molecule has 1 saturated heterocycles. The summed E-state index contributed by atoms with van der Waals surface area (Å²) in [6.07, 6.45) is -5.58. The summed E-state index contributed by atoms with van der Waals surface area (Å²) in [6, 6.07) is 9.68. The third-order valence-corrected chi connectivity index (χ3v) is 4.19. The average molecular weight is 342 g/mol. The number of hydrogen-bond acceptors (Lipinski definition) is 2. The Morgan fingerprint density at radius 1 is 1.00 bits per heavy atom. The van der Waals surface area contributed by atoms with Gasteiger partial charge in [0.15, 0.2) is 0 Å². The SMILES string of the molecule is C[C@H](CC(=O)N1CCN(C(=O)CC(F)(F)F)CC1)c1ccccc1. The summed E-state index contributed by atoms with van der Waals surface area (Å²) in [5.41, 5.74) is 1.07. The lowest BCUT2D eigenvalue weighted by atomic mass is 9.97. The van der Waals surface area contributed by atoms with Gasteiger partial charge < -0.3 is 9.80 Å². The van der Waals surface area contributed by atoms with Crippen molar-refractivity contribution < 1.29 is 22.8 Å². The van der Waals surface area contributed by atoms with Crippen LogP contribution in [-0.2, 0) is 9.59 Å². The van der Waals surface area contributed by atoms with Crippen LogP contribution in [0, 0.1) is 0 Å². The van der Waals surface area contributed by atoms with E-state index in [1.807, 2.05) is 37.3 Å². The minimum atomic E-state index is -4.49. The van der Waals surface area contributed by atoms with E-state index in [-0.39, 0.29) is 38.0 Å². The smallest absolute Gasteiger partial charge is 0.339 e. The molecule has 0 bridgehead atoms. The molecule has 0 saturated carbocycles. The van der Waals surface area contributed by atoms with Crippen LogP contribution in [0.15, 0.2) is 30.3 Å². The maximum Gasteiger partial charge on any atom is 0.397 e. The van der Waals surface area contributed by atoms with Crippen LogP contribution in [0.5, 0.6) is 0 Å². The van der Waals surface area contributed by atoms with Gasteiger partial charge in [0.1, 0.15) is 6.42 Å². The third kappa shape index (κ3) is 5.25. The van der Waals surface area contributed by atoms with E-state index >= 15 is 0 Å². The summed E-state index contributed by atoms with van der Waals surface area (Å²) >= 11 is 0. The van der Waals surface area contributed by atoms with Gasteiger partial charge in [0.25, 0.3) is 0 Å². The van der Waals surface area contributed by atoms with E-state index in [0.717, 1.165) is 5.56 Å². The molecule has 24 heavy (non-hydrogen) atoms. The Morgan fingerprint density at radius 3 is 2.00 bits per heavy atom. The van der Waals surface area contributed by atoms with Gasteiger partial charge >= 0.3 is 6.18 Å². The first kappa shape index (κ1) is 18.3. The molecule has 1 aliphatic rings. The van der Waals surface area contributed by atoms with Crippen LogP contribution in [0.4, 0.5) is 13.2 Å². The van der Waals surface area contributed by atoms with Crippen molar-refractivity contribution in [3.05, 3.63) is 35.9 Å². The molecular weight excluding hydrogens is 321 g/mol. The predicted octanol–water partition coefficient (Wildman–Crippen LogP) is 2.80. The van der Waals surface area contributed by atoms with Crippen molar-refractivity contribution in [1.82, 2.24) is 9.80 Å². The molecule has 2 rings (SSSR count). The highest BCUT2D eigenvalue weighted by Gasteiger charge is 2.34. The summed E-state index contributed by atoms with van der Waals surface area (Å²) in [5, 5.41) is 0. The number of carbonyl (C=O) groups is 2. The normalized spacial score (nSPS) is 16.8. The van der Waals surface area contributed by atoms with E-state index in [4.69, 9.17) is 0 Å². The van der Waals surface area contributed by atoms with E-state index in [1.54, 1.807) is 4.90 Å². The Hall–Kier alpha value is -2.05. The molecule has 4 nitrogen and oxygen atoms in total. The van der Waals surface area contributed by atoms with E-state index in [0.29, 0.717) is 6.42 Å². The summed E-state index contributed by atoms with van der Waals surface area (Å²) in [5.74, 6) is -0.884. The molecule has 0 unspecified atom stereocenters. The van der Waals surface area contributed by atoms with E-state index in [1.165, 1.54) is 4.90 Å². The van der Waals surface area contributed by atoms with Crippen LogP contribution < -0.4 is 0 Å². The monoisotopic (exact) mass is 342 g/mol. The Kier molecular flexibility index (Phi) is 5.85. The van der Waals surface area contributed by atoms with Gasteiger partial charge in [-0.2, -0.15) is 13.2 Å². The van der Waals surface area contributed by atoms with Gasteiger partial charge in [-0.05, 0) is 11.5 Å². The highest BCUT2D eigenvalue weighted by Crippen LogP contribution is 2.22. The van der Waals surface area contributed by atoms with E-state index in [2.05, 4.69) is 0 Å². The van der Waals surface area contributed by atoms with Crippen molar-refractivity contribution in [2.45, 2.75) is 31.9 Å². The zero-order chi connectivity index (χ0) is 17.7. The molecule has 1 fully saturated rings. The van der Waals surface area contributed by atoms with Crippen LogP contribution >= 0.6 is 0 Å². The van der Waals surface area contributed by atoms with Crippen molar-refractivity contribution in [2.75, 3.05) is 26.2 Å². The lowest BCUT2D eigenvalue weighted by molar-refractivity contribution is -0.163. The third-order valence-electron chi connectivity index (χ3n) is 4.19. The fourth-order valence-corrected chi connectivity index (χ4v) is 2.78. The summed E-state index contributed by atoms with van der Waals surface area (Å²) in [7, 11) is 0. The van der Waals surface area contributed by atoms with E-state index < -0.39 is 18.5 Å². The lowest BCUT2D eigenvalue weighted by Gasteiger charge is -2.35. The van der Waals surface area contributed by atoms with E-state index in [9.17, 15) is 22.8 Å². The summed E-state index contributed by atoms with van der Waals surface area (Å²) < 4.78 is 36.8. The van der Waals surface area contributed by atoms with Crippen LogP contribution in [0.25, 0.3) is 0 Å². The van der Waals surface area contributed by atoms with Crippen LogP contribution in [-0.4, -0.2) is 54.0 Å². The van der Waals surface area contributed by atoms with Crippen LogP contribution in [0.3, 0.4) is 0 Å². The maximum absolute atomic E-state index is 12.3. The zero-order valence-electron chi connectivity index (χ0n) is 13.6. The van der Waals surface area contributed by atoms with Crippen molar-refractivity contribution in [2.24, 2.45) is 0 Å². The first-order valence-electron chi connectivity index (χ1n) is 7.93. The molecule has 1 atom stereocenters. The molecule has 1 aliphatic heterocycles. The summed E-state index contributed by atoms with van der Waals surface area (Å²) in [4.78, 5) is 26.7. The first-order valence-corrected chi connectivity index (χ1v) is 7.93. The van der Waals surface area contributed by atoms with Gasteiger partial charge in [-0.3, -0.25) is 9.59 Å². The second kappa shape index (κ2) is 7.68. The largest absolute Gasteiger partial charge is 0.397 e. The van der Waals surface area contributed by atoms with Crippen molar-refractivity contribution in [3.63, 3.8) is 0 Å². The molecule has 1 heterocycles. The number of benzene rings is 1. The average Bonchev–Trinajstić information content (AvgIpc) is 2.54. The number of rotatable bonds is 4. The standard InChI is InChI=1S/C17H21F3N2O2/c1-13(14-5-3-2-4-6-14)11-15(23)21-7-9-22(10-8-21)16(24)12-17(18,19)20/h2-6,13H,7-12H2,1H3/t13-/m1/s1. The fraction of sp³-hybridized carbons (Fsp3) is 0.529. The quantitative estimate of drug-likeness (QED) is 0.844. The molecule has 0 aliphatic carbocycles. The number of amides is 2. The molecule has 0 N–H and O–H groups in total. The maximum atomic E-state index is 12.3. The van der Waals surface area contributed by atoms with Gasteiger partial charge in [0, 0.05) is 32.6 Å². The number of halogens is 3.